The van der Waals surface area contributed by atoms with Crippen molar-refractivity contribution in [3.63, 3.8) is 0 Å². The first-order chi connectivity index (χ1) is 14.4. The molecule has 30 heavy (non-hydrogen) atoms. The summed E-state index contributed by atoms with van der Waals surface area (Å²) < 4.78 is 6.56. The van der Waals surface area contributed by atoms with E-state index in [1.807, 2.05) is 31.2 Å². The van der Waals surface area contributed by atoms with Gasteiger partial charge in [-0.1, -0.05) is 19.1 Å². The lowest BCUT2D eigenvalue weighted by Crippen LogP contribution is -2.31. The molecule has 0 saturated carbocycles. The van der Waals surface area contributed by atoms with Gasteiger partial charge in [0.25, 0.3) is 5.56 Å². The standard InChI is InChI=1S/C21H26N6O3/c1-5-17-14(3)23-20(25-19(17)28)27-18(12-13(2)26-27)24-21(29)22-11-10-15-6-8-16(30-4)9-7-15/h6-9,12H,5,10-11H2,1-4H3,(H2,22,24,29)(H,23,25,28). The van der Waals surface area contributed by atoms with E-state index in [9.17, 15) is 9.59 Å². The molecule has 2 amide bonds. The first-order valence-corrected chi connectivity index (χ1v) is 9.76. The first kappa shape index (κ1) is 21.1. The number of ether oxygens (including phenoxy) is 1. The number of anilines is 1. The molecule has 0 spiro atoms. The third-order valence-corrected chi connectivity index (χ3v) is 4.70. The molecule has 3 rings (SSSR count). The Labute approximate surface area is 174 Å². The van der Waals surface area contributed by atoms with E-state index in [-0.39, 0.29) is 17.5 Å². The third-order valence-electron chi connectivity index (χ3n) is 4.70. The van der Waals surface area contributed by atoms with E-state index in [1.165, 1.54) is 4.68 Å². The summed E-state index contributed by atoms with van der Waals surface area (Å²) >= 11 is 0. The predicted octanol–water partition coefficient (Wildman–Crippen LogP) is 2.51. The normalized spacial score (nSPS) is 10.7. The highest BCUT2D eigenvalue weighted by atomic mass is 16.5. The molecule has 0 aliphatic rings. The van der Waals surface area contributed by atoms with Crippen LogP contribution in [0.2, 0.25) is 0 Å². The van der Waals surface area contributed by atoms with Gasteiger partial charge in [-0.3, -0.25) is 15.1 Å². The second-order valence-electron chi connectivity index (χ2n) is 6.87. The number of hydrogen-bond acceptors (Lipinski definition) is 5. The van der Waals surface area contributed by atoms with Crippen molar-refractivity contribution >= 4 is 11.8 Å². The summed E-state index contributed by atoms with van der Waals surface area (Å²) in [6.45, 7) is 5.95. The van der Waals surface area contributed by atoms with Crippen LogP contribution in [-0.4, -0.2) is 39.4 Å². The zero-order valence-corrected chi connectivity index (χ0v) is 17.6. The van der Waals surface area contributed by atoms with Gasteiger partial charge in [0.05, 0.1) is 12.8 Å². The number of nitrogens with zero attached hydrogens (tertiary/aromatic N) is 3. The maximum absolute atomic E-state index is 12.4. The van der Waals surface area contributed by atoms with E-state index in [0.717, 1.165) is 11.3 Å². The molecule has 0 atom stereocenters. The molecule has 0 radical (unpaired) electrons. The van der Waals surface area contributed by atoms with Gasteiger partial charge in [-0.25, -0.2) is 9.78 Å². The number of nitrogens with one attached hydrogen (secondary N) is 3. The van der Waals surface area contributed by atoms with Crippen LogP contribution in [0.3, 0.4) is 0 Å². The molecule has 0 aliphatic heterocycles. The number of urea groups is 1. The van der Waals surface area contributed by atoms with Gasteiger partial charge in [0.2, 0.25) is 5.95 Å². The van der Waals surface area contributed by atoms with Crippen molar-refractivity contribution in [2.24, 2.45) is 0 Å². The van der Waals surface area contributed by atoms with Gasteiger partial charge in [0.15, 0.2) is 0 Å². The van der Waals surface area contributed by atoms with Crippen molar-refractivity contribution in [1.82, 2.24) is 25.1 Å². The quantitative estimate of drug-likeness (QED) is 0.554. The second-order valence-corrected chi connectivity index (χ2v) is 6.87. The summed E-state index contributed by atoms with van der Waals surface area (Å²) in [6, 6.07) is 9.04. The Morgan fingerprint density at radius 3 is 2.60 bits per heavy atom. The number of carbonyl (C=O) groups excluding carboxylic acids is 1. The third kappa shape index (κ3) is 4.86. The van der Waals surface area contributed by atoms with Crippen molar-refractivity contribution in [2.45, 2.75) is 33.6 Å². The van der Waals surface area contributed by atoms with Gasteiger partial charge >= 0.3 is 6.03 Å². The van der Waals surface area contributed by atoms with Crippen molar-refractivity contribution in [2.75, 3.05) is 19.0 Å². The Hall–Kier alpha value is -3.62. The molecule has 0 aliphatic carbocycles. The maximum atomic E-state index is 12.4. The topological polar surface area (TPSA) is 114 Å². The van der Waals surface area contributed by atoms with Crippen molar-refractivity contribution in [1.29, 1.82) is 0 Å². The molecule has 0 fully saturated rings. The summed E-state index contributed by atoms with van der Waals surface area (Å²) in [4.78, 5) is 31.8. The summed E-state index contributed by atoms with van der Waals surface area (Å²) in [5.74, 6) is 1.47. The number of H-pyrrole nitrogens is 1. The molecule has 1 aromatic carbocycles. The maximum Gasteiger partial charge on any atom is 0.320 e. The van der Waals surface area contributed by atoms with Crippen LogP contribution in [-0.2, 0) is 12.8 Å². The lowest BCUT2D eigenvalue weighted by Gasteiger charge is -2.11. The van der Waals surface area contributed by atoms with Gasteiger partial charge in [-0.2, -0.15) is 9.78 Å². The Morgan fingerprint density at radius 2 is 1.97 bits per heavy atom. The molecule has 0 saturated heterocycles. The molecule has 2 heterocycles. The van der Waals surface area contributed by atoms with E-state index < -0.39 is 0 Å². The lowest BCUT2D eigenvalue weighted by atomic mass is 10.1. The molecule has 9 heteroatoms. The van der Waals surface area contributed by atoms with Crippen LogP contribution < -0.4 is 20.9 Å². The zero-order chi connectivity index (χ0) is 21.7. The molecule has 0 unspecified atom stereocenters. The number of methoxy groups -OCH3 is 1. The molecule has 0 bridgehead atoms. The minimum absolute atomic E-state index is 0.206. The van der Waals surface area contributed by atoms with Gasteiger partial charge in [-0.05, 0) is 44.4 Å². The Morgan fingerprint density at radius 1 is 1.23 bits per heavy atom. The first-order valence-electron chi connectivity index (χ1n) is 9.76. The molecule has 3 N–H and O–H groups in total. The highest BCUT2D eigenvalue weighted by Gasteiger charge is 2.14. The minimum Gasteiger partial charge on any atom is -0.497 e. The SMILES string of the molecule is CCc1c(C)nc(-n2nc(C)cc2NC(=O)NCCc2ccc(OC)cc2)[nH]c1=O. The van der Waals surface area contributed by atoms with Crippen LogP contribution in [0.15, 0.2) is 35.1 Å². The number of hydrogen-bond donors (Lipinski definition) is 3. The molecule has 9 nitrogen and oxygen atoms in total. The van der Waals surface area contributed by atoms with Crippen LogP contribution in [0.1, 0.15) is 29.4 Å². The molecular weight excluding hydrogens is 384 g/mol. The fourth-order valence-corrected chi connectivity index (χ4v) is 3.14. The van der Waals surface area contributed by atoms with Crippen LogP contribution in [0, 0.1) is 13.8 Å². The van der Waals surface area contributed by atoms with Gasteiger partial charge in [0, 0.05) is 23.9 Å². The van der Waals surface area contributed by atoms with E-state index in [2.05, 4.69) is 25.7 Å². The number of amides is 2. The van der Waals surface area contributed by atoms with Gasteiger partial charge in [-0.15, -0.1) is 0 Å². The van der Waals surface area contributed by atoms with E-state index in [1.54, 1.807) is 27.0 Å². The smallest absolute Gasteiger partial charge is 0.320 e. The fraction of sp³-hybridized carbons (Fsp3) is 0.333. The van der Waals surface area contributed by atoms with E-state index in [0.29, 0.717) is 42.2 Å². The van der Waals surface area contributed by atoms with Gasteiger partial charge in [0.1, 0.15) is 11.6 Å². The fourth-order valence-electron chi connectivity index (χ4n) is 3.14. The number of aryl methyl sites for hydroxylation is 2. The summed E-state index contributed by atoms with van der Waals surface area (Å²) in [7, 11) is 1.62. The molecule has 3 aromatic rings. The van der Waals surface area contributed by atoms with Crippen molar-refractivity contribution in [3.8, 4) is 11.7 Å². The minimum atomic E-state index is -0.367. The number of aromatic amines is 1. The molecule has 158 valence electrons. The van der Waals surface area contributed by atoms with Crippen molar-refractivity contribution < 1.29 is 9.53 Å². The average molecular weight is 410 g/mol. The molecule has 2 aromatic heterocycles. The highest BCUT2D eigenvalue weighted by Crippen LogP contribution is 2.15. The summed E-state index contributed by atoms with van der Waals surface area (Å²) in [5.41, 5.74) is 2.84. The van der Waals surface area contributed by atoms with Crippen LogP contribution in [0.25, 0.3) is 5.95 Å². The van der Waals surface area contributed by atoms with Crippen LogP contribution >= 0.6 is 0 Å². The van der Waals surface area contributed by atoms with Crippen LogP contribution in [0.5, 0.6) is 5.75 Å². The number of rotatable bonds is 7. The predicted molar refractivity (Wildman–Crippen MR) is 115 cm³/mol. The van der Waals surface area contributed by atoms with E-state index >= 15 is 0 Å². The summed E-state index contributed by atoms with van der Waals surface area (Å²) in [5, 5.41) is 9.94. The second kappa shape index (κ2) is 9.25. The Kier molecular flexibility index (Phi) is 6.51. The number of aromatic nitrogens is 4. The van der Waals surface area contributed by atoms with Gasteiger partial charge < -0.3 is 10.1 Å². The Bertz CT molecular complexity index is 1090. The largest absolute Gasteiger partial charge is 0.497 e. The van der Waals surface area contributed by atoms with E-state index in [4.69, 9.17) is 4.74 Å². The Balaban J connectivity index is 1.67. The van der Waals surface area contributed by atoms with Crippen LogP contribution in [0.4, 0.5) is 10.6 Å². The molecular formula is C21H26N6O3. The number of carbonyl (C=O) groups is 1. The summed E-state index contributed by atoms with van der Waals surface area (Å²) in [6.07, 6.45) is 1.27. The monoisotopic (exact) mass is 410 g/mol. The average Bonchev–Trinajstić information content (AvgIpc) is 3.08. The number of benzene rings is 1. The van der Waals surface area contributed by atoms with Crippen molar-refractivity contribution in [3.05, 3.63) is 63.2 Å². The lowest BCUT2D eigenvalue weighted by molar-refractivity contribution is 0.252. The highest BCUT2D eigenvalue weighted by molar-refractivity contribution is 5.88. The zero-order valence-electron chi connectivity index (χ0n) is 17.6.